The van der Waals surface area contributed by atoms with Crippen LogP contribution in [0.1, 0.15) is 48.9 Å². The minimum atomic E-state index is -0.398. The average molecular weight is 336 g/mol. The van der Waals surface area contributed by atoms with E-state index in [4.69, 9.17) is 9.47 Å². The highest BCUT2D eigenvalue weighted by atomic mass is 16.6. The van der Waals surface area contributed by atoms with E-state index in [-0.39, 0.29) is 0 Å². The molecule has 0 aliphatic rings. The van der Waals surface area contributed by atoms with Gasteiger partial charge in [0.15, 0.2) is 11.5 Å². The maximum atomic E-state index is 11.4. The van der Waals surface area contributed by atoms with Crippen LogP contribution in [0.25, 0.3) is 0 Å². The summed E-state index contributed by atoms with van der Waals surface area (Å²) in [6.45, 7) is 5.51. The van der Waals surface area contributed by atoms with Crippen molar-refractivity contribution in [2.75, 3.05) is 7.11 Å². The molecular weight excluding hydrogens is 312 g/mol. The summed E-state index contributed by atoms with van der Waals surface area (Å²) in [5, 5.41) is 0. The van der Waals surface area contributed by atoms with Crippen LogP contribution in [0.15, 0.2) is 36.4 Å². The van der Waals surface area contributed by atoms with Crippen LogP contribution >= 0.6 is 0 Å². The lowest BCUT2D eigenvalue weighted by molar-refractivity contribution is -0.132. The van der Waals surface area contributed by atoms with Gasteiger partial charge in [-0.2, -0.15) is 0 Å². The van der Waals surface area contributed by atoms with E-state index in [1.54, 1.807) is 7.11 Å². The Hall–Kier alpha value is -2.73. The Bertz CT molecular complexity index is 793. The Morgan fingerprint density at radius 1 is 1.12 bits per heavy atom. The molecule has 0 fully saturated rings. The summed E-state index contributed by atoms with van der Waals surface area (Å²) in [6, 6.07) is 12.0. The predicted octanol–water partition coefficient (Wildman–Crippen LogP) is 4.67. The molecule has 130 valence electrons. The normalized spacial score (nSPS) is 9.92. The molecule has 3 heteroatoms. The highest BCUT2D eigenvalue weighted by Crippen LogP contribution is 2.32. The van der Waals surface area contributed by atoms with E-state index in [1.165, 1.54) is 25.3 Å². The van der Waals surface area contributed by atoms with Crippen molar-refractivity contribution in [2.45, 2.75) is 40.0 Å². The summed E-state index contributed by atoms with van der Waals surface area (Å²) >= 11 is 0. The number of unbranched alkanes of at least 4 members (excludes halogenated alkanes) is 1. The second-order valence-corrected chi connectivity index (χ2v) is 5.99. The van der Waals surface area contributed by atoms with Crippen molar-refractivity contribution in [2.24, 2.45) is 0 Å². The molecule has 0 atom stereocenters. The fourth-order valence-electron chi connectivity index (χ4n) is 2.51. The fraction of sp³-hybridized carbons (Fsp3) is 0.318. The number of hydrogen-bond acceptors (Lipinski definition) is 3. The number of rotatable bonds is 5. The van der Waals surface area contributed by atoms with Crippen LogP contribution in [-0.4, -0.2) is 13.1 Å². The van der Waals surface area contributed by atoms with Gasteiger partial charge in [-0.15, -0.1) is 0 Å². The minimum Gasteiger partial charge on any atom is -0.493 e. The molecule has 0 N–H and O–H groups in total. The predicted molar refractivity (Wildman–Crippen MR) is 100 cm³/mol. The number of aryl methyl sites for hydroxylation is 2. The zero-order chi connectivity index (χ0) is 18.2. The van der Waals surface area contributed by atoms with Crippen LogP contribution in [0.4, 0.5) is 0 Å². The highest BCUT2D eigenvalue weighted by Gasteiger charge is 2.13. The standard InChI is InChI=1S/C22H24O3/c1-5-6-7-18-8-10-19(11-9-18)12-13-20-14-16(2)15-21(24-4)22(20)25-17(3)23/h8-11,14-15H,5-7H2,1-4H3. The molecule has 0 spiro atoms. The number of methoxy groups -OCH3 is 1. The first-order valence-corrected chi connectivity index (χ1v) is 8.51. The van der Waals surface area contributed by atoms with Crippen molar-refractivity contribution in [3.63, 3.8) is 0 Å². The van der Waals surface area contributed by atoms with Gasteiger partial charge in [0, 0.05) is 12.5 Å². The quantitative estimate of drug-likeness (QED) is 0.452. The first kappa shape index (κ1) is 18.6. The number of carbonyl (C=O) groups is 1. The Morgan fingerprint density at radius 3 is 2.44 bits per heavy atom. The van der Waals surface area contributed by atoms with Crippen LogP contribution in [0, 0.1) is 18.8 Å². The third-order valence-corrected chi connectivity index (χ3v) is 3.78. The second-order valence-electron chi connectivity index (χ2n) is 5.99. The lowest BCUT2D eigenvalue weighted by atomic mass is 10.1. The van der Waals surface area contributed by atoms with E-state index in [9.17, 15) is 4.79 Å². The van der Waals surface area contributed by atoms with E-state index in [1.807, 2.05) is 31.2 Å². The molecule has 0 bridgehead atoms. The molecule has 0 saturated heterocycles. The van der Waals surface area contributed by atoms with Crippen LogP contribution in [0.3, 0.4) is 0 Å². The Labute approximate surface area is 150 Å². The number of carbonyl (C=O) groups excluding carboxylic acids is 1. The lowest BCUT2D eigenvalue weighted by Crippen LogP contribution is -2.05. The summed E-state index contributed by atoms with van der Waals surface area (Å²) in [5.74, 6) is 6.72. The topological polar surface area (TPSA) is 35.5 Å². The summed E-state index contributed by atoms with van der Waals surface area (Å²) < 4.78 is 10.6. The largest absolute Gasteiger partial charge is 0.493 e. The molecule has 0 radical (unpaired) electrons. The lowest BCUT2D eigenvalue weighted by Gasteiger charge is -2.11. The highest BCUT2D eigenvalue weighted by molar-refractivity contribution is 5.72. The number of hydrogen-bond donors (Lipinski definition) is 0. The van der Waals surface area contributed by atoms with Crippen molar-refractivity contribution in [1.29, 1.82) is 0 Å². The molecule has 2 aromatic carbocycles. The van der Waals surface area contributed by atoms with Gasteiger partial charge in [-0.3, -0.25) is 4.79 Å². The van der Waals surface area contributed by atoms with Gasteiger partial charge < -0.3 is 9.47 Å². The van der Waals surface area contributed by atoms with Crippen LogP contribution in [0.2, 0.25) is 0 Å². The van der Waals surface area contributed by atoms with Crippen LogP contribution in [-0.2, 0) is 11.2 Å². The van der Waals surface area contributed by atoms with E-state index < -0.39 is 5.97 Å². The van der Waals surface area contributed by atoms with E-state index in [2.05, 4.69) is 30.9 Å². The maximum Gasteiger partial charge on any atom is 0.308 e. The number of esters is 1. The van der Waals surface area contributed by atoms with Crippen molar-refractivity contribution in [1.82, 2.24) is 0 Å². The molecule has 0 saturated carbocycles. The van der Waals surface area contributed by atoms with Gasteiger partial charge in [0.1, 0.15) is 0 Å². The minimum absolute atomic E-state index is 0.368. The van der Waals surface area contributed by atoms with Gasteiger partial charge >= 0.3 is 5.97 Å². The molecule has 0 aromatic heterocycles. The third-order valence-electron chi connectivity index (χ3n) is 3.78. The van der Waals surface area contributed by atoms with Gasteiger partial charge in [-0.25, -0.2) is 0 Å². The maximum absolute atomic E-state index is 11.4. The van der Waals surface area contributed by atoms with Gasteiger partial charge in [-0.1, -0.05) is 37.3 Å². The molecule has 0 heterocycles. The molecule has 0 unspecified atom stereocenters. The van der Waals surface area contributed by atoms with E-state index >= 15 is 0 Å². The second kappa shape index (κ2) is 8.94. The van der Waals surface area contributed by atoms with Crippen molar-refractivity contribution in [3.8, 4) is 23.3 Å². The summed E-state index contributed by atoms with van der Waals surface area (Å²) in [5.41, 5.74) is 3.88. The average Bonchev–Trinajstić information content (AvgIpc) is 2.60. The van der Waals surface area contributed by atoms with Crippen molar-refractivity contribution >= 4 is 5.97 Å². The first-order valence-electron chi connectivity index (χ1n) is 8.51. The summed E-state index contributed by atoms with van der Waals surface area (Å²) in [4.78, 5) is 11.4. The third kappa shape index (κ3) is 5.39. The molecular formula is C22H24O3. The van der Waals surface area contributed by atoms with Gasteiger partial charge in [0.25, 0.3) is 0 Å². The molecule has 25 heavy (non-hydrogen) atoms. The molecule has 2 rings (SSSR count). The monoisotopic (exact) mass is 336 g/mol. The first-order chi connectivity index (χ1) is 12.0. The Balaban J connectivity index is 2.32. The van der Waals surface area contributed by atoms with Gasteiger partial charge in [0.2, 0.25) is 0 Å². The van der Waals surface area contributed by atoms with Crippen molar-refractivity contribution < 1.29 is 14.3 Å². The van der Waals surface area contributed by atoms with Gasteiger partial charge in [-0.05, 0) is 55.2 Å². The SMILES string of the molecule is CCCCc1ccc(C#Cc2cc(C)cc(OC)c2OC(C)=O)cc1. The molecule has 0 amide bonds. The zero-order valence-electron chi connectivity index (χ0n) is 15.3. The molecule has 0 aliphatic carbocycles. The van der Waals surface area contributed by atoms with E-state index in [0.717, 1.165) is 17.5 Å². The van der Waals surface area contributed by atoms with Gasteiger partial charge in [0.05, 0.1) is 12.7 Å². The van der Waals surface area contributed by atoms with Crippen LogP contribution in [0.5, 0.6) is 11.5 Å². The summed E-state index contributed by atoms with van der Waals surface area (Å²) in [7, 11) is 1.55. The van der Waals surface area contributed by atoms with Crippen molar-refractivity contribution in [3.05, 3.63) is 58.7 Å². The Kier molecular flexibility index (Phi) is 6.65. The smallest absolute Gasteiger partial charge is 0.308 e. The molecule has 0 aliphatic heterocycles. The van der Waals surface area contributed by atoms with Crippen LogP contribution < -0.4 is 9.47 Å². The number of benzene rings is 2. The Morgan fingerprint density at radius 2 is 1.84 bits per heavy atom. The number of ether oxygens (including phenoxy) is 2. The zero-order valence-corrected chi connectivity index (χ0v) is 15.3. The van der Waals surface area contributed by atoms with E-state index in [0.29, 0.717) is 17.1 Å². The summed E-state index contributed by atoms with van der Waals surface area (Å²) in [6.07, 6.45) is 3.48. The fourth-order valence-corrected chi connectivity index (χ4v) is 2.51. The molecule has 3 nitrogen and oxygen atoms in total. The molecule has 2 aromatic rings.